The second kappa shape index (κ2) is 7.66. The number of nitrogens with two attached hydrogens (primary N) is 1. The van der Waals surface area contributed by atoms with Gasteiger partial charge in [0, 0.05) is 29.4 Å². The first kappa shape index (κ1) is 18.5. The first-order valence-corrected chi connectivity index (χ1v) is 9.14. The van der Waals surface area contributed by atoms with Crippen LogP contribution in [-0.2, 0) is 6.42 Å². The molecule has 4 rings (SSSR count). The fourth-order valence-corrected chi connectivity index (χ4v) is 3.45. The Morgan fingerprint density at radius 3 is 2.79 bits per heavy atom. The molecule has 0 radical (unpaired) electrons. The third-order valence-corrected chi connectivity index (χ3v) is 5.04. The van der Waals surface area contributed by atoms with Crippen LogP contribution in [-0.4, -0.2) is 16.6 Å². The molecule has 0 aliphatic rings. The maximum atomic E-state index is 13.7. The van der Waals surface area contributed by atoms with Gasteiger partial charge in [0.2, 0.25) is 5.75 Å². The van der Waals surface area contributed by atoms with Crippen molar-refractivity contribution in [3.8, 4) is 17.0 Å². The molecule has 0 fully saturated rings. The van der Waals surface area contributed by atoms with Crippen molar-refractivity contribution in [1.82, 2.24) is 9.97 Å². The van der Waals surface area contributed by atoms with E-state index in [0.29, 0.717) is 28.3 Å². The summed E-state index contributed by atoms with van der Waals surface area (Å²) in [4.78, 5) is 8.52. The number of pyridine rings is 2. The van der Waals surface area contributed by atoms with E-state index in [-0.39, 0.29) is 17.4 Å². The van der Waals surface area contributed by atoms with Crippen molar-refractivity contribution in [1.29, 1.82) is 0 Å². The van der Waals surface area contributed by atoms with E-state index in [4.69, 9.17) is 38.1 Å². The van der Waals surface area contributed by atoms with Gasteiger partial charge in [-0.25, -0.2) is 9.37 Å². The Morgan fingerprint density at radius 2 is 2.00 bits per heavy atom. The molecule has 0 unspecified atom stereocenters. The summed E-state index contributed by atoms with van der Waals surface area (Å²) in [6.07, 6.45) is 5.19. The highest BCUT2D eigenvalue weighted by Gasteiger charge is 2.18. The molecule has 0 bridgehead atoms. The molecule has 8 heteroatoms. The first-order valence-electron chi connectivity index (χ1n) is 8.38. The Kier molecular flexibility index (Phi) is 5.07. The number of aromatic nitrogens is 2. The van der Waals surface area contributed by atoms with Crippen LogP contribution in [0.4, 0.5) is 10.2 Å². The van der Waals surface area contributed by atoms with Crippen LogP contribution in [0.1, 0.15) is 5.56 Å². The van der Waals surface area contributed by atoms with Crippen molar-refractivity contribution in [3.05, 3.63) is 70.4 Å². The maximum Gasteiger partial charge on any atom is 0.205 e. The SMILES string of the molecule is Nc1ncc2c(-c3ccccn3)coc2c1OCCc1c(Cl)ccc(F)c1Cl. The number of nitrogen functional groups attached to an aromatic ring is 1. The Labute approximate surface area is 169 Å². The lowest BCUT2D eigenvalue weighted by Gasteiger charge is -2.11. The van der Waals surface area contributed by atoms with Crippen LogP contribution in [0.5, 0.6) is 5.75 Å². The minimum absolute atomic E-state index is 0.0177. The molecule has 0 saturated carbocycles. The summed E-state index contributed by atoms with van der Waals surface area (Å²) in [7, 11) is 0. The molecule has 28 heavy (non-hydrogen) atoms. The average Bonchev–Trinajstić information content (AvgIpc) is 3.14. The predicted molar refractivity (Wildman–Crippen MR) is 107 cm³/mol. The van der Waals surface area contributed by atoms with E-state index in [1.54, 1.807) is 18.7 Å². The highest BCUT2D eigenvalue weighted by Crippen LogP contribution is 2.37. The molecule has 1 aromatic carbocycles. The molecule has 0 spiro atoms. The summed E-state index contributed by atoms with van der Waals surface area (Å²) in [6.45, 7) is 0.160. The second-order valence-electron chi connectivity index (χ2n) is 6.00. The third kappa shape index (κ3) is 3.37. The molecule has 2 N–H and O–H groups in total. The van der Waals surface area contributed by atoms with Crippen molar-refractivity contribution in [2.45, 2.75) is 6.42 Å². The lowest BCUT2D eigenvalue weighted by molar-refractivity contribution is 0.321. The fraction of sp³-hybridized carbons (Fsp3) is 0.100. The highest BCUT2D eigenvalue weighted by atomic mass is 35.5. The molecule has 4 aromatic rings. The number of fused-ring (bicyclic) bond motifs is 1. The normalized spacial score (nSPS) is 11.1. The van der Waals surface area contributed by atoms with Crippen molar-refractivity contribution < 1.29 is 13.5 Å². The Bertz CT molecular complexity index is 1150. The first-order chi connectivity index (χ1) is 13.6. The molecule has 3 aromatic heterocycles. The molecule has 0 atom stereocenters. The zero-order chi connectivity index (χ0) is 19.7. The van der Waals surface area contributed by atoms with Crippen LogP contribution in [0.3, 0.4) is 0 Å². The van der Waals surface area contributed by atoms with Gasteiger partial charge in [-0.05, 0) is 29.8 Å². The molecule has 3 heterocycles. The van der Waals surface area contributed by atoms with Gasteiger partial charge in [0.1, 0.15) is 12.1 Å². The van der Waals surface area contributed by atoms with E-state index in [9.17, 15) is 4.39 Å². The molecule has 5 nitrogen and oxygen atoms in total. The van der Waals surface area contributed by atoms with Crippen LogP contribution in [0, 0.1) is 5.82 Å². The molecule has 0 saturated heterocycles. The van der Waals surface area contributed by atoms with E-state index < -0.39 is 5.82 Å². The number of nitrogens with zero attached hydrogens (tertiary/aromatic N) is 2. The van der Waals surface area contributed by atoms with Crippen LogP contribution in [0.15, 0.2) is 53.4 Å². The lowest BCUT2D eigenvalue weighted by atomic mass is 10.1. The lowest BCUT2D eigenvalue weighted by Crippen LogP contribution is -2.06. The van der Waals surface area contributed by atoms with Crippen molar-refractivity contribution in [2.75, 3.05) is 12.3 Å². The number of furan rings is 1. The van der Waals surface area contributed by atoms with Gasteiger partial charge in [-0.1, -0.05) is 29.3 Å². The van der Waals surface area contributed by atoms with Gasteiger partial charge in [-0.15, -0.1) is 0 Å². The topological polar surface area (TPSA) is 74.2 Å². The van der Waals surface area contributed by atoms with E-state index in [0.717, 1.165) is 16.6 Å². The van der Waals surface area contributed by atoms with Crippen LogP contribution >= 0.6 is 23.2 Å². The molecule has 0 aliphatic heterocycles. The zero-order valence-electron chi connectivity index (χ0n) is 14.5. The van der Waals surface area contributed by atoms with Gasteiger partial charge in [0.25, 0.3) is 0 Å². The minimum Gasteiger partial charge on any atom is -0.486 e. The molecule has 142 valence electrons. The summed E-state index contributed by atoms with van der Waals surface area (Å²) in [6, 6.07) is 8.27. The van der Waals surface area contributed by atoms with Crippen molar-refractivity contribution >= 4 is 40.0 Å². The standard InChI is InChI=1S/C20H14Cl2FN3O2/c21-14-4-5-15(23)17(22)11(14)6-8-27-19-18-12(9-26-20(19)24)13(10-28-18)16-3-1-2-7-25-16/h1-5,7,9-10H,6,8H2,(H2,24,26). The molecular formula is C20H14Cl2FN3O2. The Morgan fingerprint density at radius 1 is 1.14 bits per heavy atom. The van der Waals surface area contributed by atoms with E-state index >= 15 is 0 Å². The van der Waals surface area contributed by atoms with Crippen molar-refractivity contribution in [2.24, 2.45) is 0 Å². The predicted octanol–water partition coefficient (Wildman–Crippen LogP) is 5.54. The number of hydrogen-bond acceptors (Lipinski definition) is 5. The highest BCUT2D eigenvalue weighted by molar-refractivity contribution is 6.36. The summed E-state index contributed by atoms with van der Waals surface area (Å²) in [5.74, 6) is -0.0374. The minimum atomic E-state index is -0.532. The molecule has 0 aliphatic carbocycles. The zero-order valence-corrected chi connectivity index (χ0v) is 16.0. The molecular weight excluding hydrogens is 404 g/mol. The number of rotatable bonds is 5. The second-order valence-corrected chi connectivity index (χ2v) is 6.79. The largest absolute Gasteiger partial charge is 0.486 e. The maximum absolute atomic E-state index is 13.7. The van der Waals surface area contributed by atoms with E-state index in [1.807, 2.05) is 18.2 Å². The number of benzene rings is 1. The van der Waals surface area contributed by atoms with Gasteiger partial charge in [0.05, 0.1) is 22.7 Å². The van der Waals surface area contributed by atoms with Gasteiger partial charge < -0.3 is 14.9 Å². The quantitative estimate of drug-likeness (QED) is 0.431. The number of hydrogen-bond donors (Lipinski definition) is 1. The number of anilines is 1. The summed E-state index contributed by atoms with van der Waals surface area (Å²) in [5.41, 5.74) is 8.43. The van der Waals surface area contributed by atoms with Crippen LogP contribution in [0.25, 0.3) is 22.2 Å². The fourth-order valence-electron chi connectivity index (χ4n) is 2.89. The van der Waals surface area contributed by atoms with Gasteiger partial charge >= 0.3 is 0 Å². The monoisotopic (exact) mass is 417 g/mol. The Balaban J connectivity index is 1.62. The molecule has 0 amide bonds. The number of halogens is 3. The van der Waals surface area contributed by atoms with Crippen LogP contribution < -0.4 is 10.5 Å². The average molecular weight is 418 g/mol. The van der Waals surface area contributed by atoms with E-state index in [2.05, 4.69) is 9.97 Å². The smallest absolute Gasteiger partial charge is 0.205 e. The van der Waals surface area contributed by atoms with Crippen molar-refractivity contribution in [3.63, 3.8) is 0 Å². The van der Waals surface area contributed by atoms with Gasteiger partial charge in [0.15, 0.2) is 11.4 Å². The summed E-state index contributed by atoms with van der Waals surface area (Å²) < 4.78 is 25.2. The van der Waals surface area contributed by atoms with Gasteiger partial charge in [-0.2, -0.15) is 0 Å². The number of ether oxygens (including phenoxy) is 1. The van der Waals surface area contributed by atoms with Crippen LogP contribution in [0.2, 0.25) is 10.0 Å². The Hall–Kier alpha value is -2.83. The van der Waals surface area contributed by atoms with E-state index in [1.165, 1.54) is 12.1 Å². The summed E-state index contributed by atoms with van der Waals surface area (Å²) >= 11 is 12.1. The third-order valence-electron chi connectivity index (χ3n) is 4.28. The van der Waals surface area contributed by atoms with Gasteiger partial charge in [-0.3, -0.25) is 4.98 Å². The summed E-state index contributed by atoms with van der Waals surface area (Å²) in [5, 5.41) is 1.08.